The highest BCUT2D eigenvalue weighted by Crippen LogP contribution is 2.39. The smallest absolute Gasteiger partial charge is 0.0659 e. The second-order valence-corrected chi connectivity index (χ2v) is 5.44. The van der Waals surface area contributed by atoms with Gasteiger partial charge in [-0.2, -0.15) is 5.10 Å². The van der Waals surface area contributed by atoms with E-state index in [0.29, 0.717) is 12.0 Å². The molecule has 1 aromatic rings. The van der Waals surface area contributed by atoms with Crippen LogP contribution in [-0.2, 0) is 0 Å². The van der Waals surface area contributed by atoms with E-state index in [1.54, 1.807) is 0 Å². The zero-order valence-corrected chi connectivity index (χ0v) is 10.0. The van der Waals surface area contributed by atoms with E-state index in [9.17, 15) is 0 Å². The molecule has 1 heterocycles. The van der Waals surface area contributed by atoms with Crippen LogP contribution in [0.1, 0.15) is 74.8 Å². The average Bonchev–Trinajstić information content (AvgIpc) is 2.83. The van der Waals surface area contributed by atoms with Crippen molar-refractivity contribution >= 4 is 0 Å². The van der Waals surface area contributed by atoms with Gasteiger partial charge in [-0.3, -0.25) is 4.68 Å². The minimum atomic E-state index is 0.114. The Labute approximate surface area is 97.0 Å². The fraction of sp³-hybridized carbons (Fsp3) is 0.769. The Morgan fingerprint density at radius 3 is 2.56 bits per heavy atom. The molecule has 16 heavy (non-hydrogen) atoms. The SMILES string of the molecule is CC(N)c1cc(C2CCCC2)nn1C1CC1. The molecule has 3 nitrogen and oxygen atoms in total. The largest absolute Gasteiger partial charge is 0.323 e. The minimum Gasteiger partial charge on any atom is -0.323 e. The van der Waals surface area contributed by atoms with Crippen molar-refractivity contribution in [2.75, 3.05) is 0 Å². The van der Waals surface area contributed by atoms with Crippen molar-refractivity contribution in [3.05, 3.63) is 17.5 Å². The molecule has 2 aliphatic carbocycles. The summed E-state index contributed by atoms with van der Waals surface area (Å²) in [5.41, 5.74) is 8.57. The number of hydrogen-bond acceptors (Lipinski definition) is 2. The van der Waals surface area contributed by atoms with Crippen LogP contribution in [0.15, 0.2) is 6.07 Å². The molecule has 88 valence electrons. The lowest BCUT2D eigenvalue weighted by Crippen LogP contribution is -2.12. The van der Waals surface area contributed by atoms with Gasteiger partial charge in [0, 0.05) is 12.0 Å². The maximum atomic E-state index is 6.03. The Kier molecular flexibility index (Phi) is 2.51. The third-order valence-electron chi connectivity index (χ3n) is 3.92. The summed E-state index contributed by atoms with van der Waals surface area (Å²) in [6, 6.07) is 3.03. The average molecular weight is 219 g/mol. The van der Waals surface area contributed by atoms with Crippen molar-refractivity contribution in [3.63, 3.8) is 0 Å². The predicted octanol–water partition coefficient (Wildman–Crippen LogP) is 2.90. The zero-order chi connectivity index (χ0) is 11.1. The number of aromatic nitrogens is 2. The fourth-order valence-corrected chi connectivity index (χ4v) is 2.80. The van der Waals surface area contributed by atoms with Gasteiger partial charge in [0.2, 0.25) is 0 Å². The Morgan fingerprint density at radius 2 is 2.00 bits per heavy atom. The van der Waals surface area contributed by atoms with Crippen molar-refractivity contribution in [2.24, 2.45) is 5.73 Å². The number of nitrogens with two attached hydrogens (primary N) is 1. The van der Waals surface area contributed by atoms with Gasteiger partial charge in [0.05, 0.1) is 17.4 Å². The second kappa shape index (κ2) is 3.88. The zero-order valence-electron chi connectivity index (χ0n) is 10.0. The van der Waals surface area contributed by atoms with E-state index in [4.69, 9.17) is 10.8 Å². The second-order valence-electron chi connectivity index (χ2n) is 5.44. The van der Waals surface area contributed by atoms with Crippen LogP contribution in [-0.4, -0.2) is 9.78 Å². The molecule has 0 aromatic carbocycles. The molecule has 0 saturated heterocycles. The lowest BCUT2D eigenvalue weighted by Gasteiger charge is -2.08. The Hall–Kier alpha value is -0.830. The van der Waals surface area contributed by atoms with Crippen LogP contribution in [0.2, 0.25) is 0 Å². The Balaban J connectivity index is 1.91. The van der Waals surface area contributed by atoms with E-state index in [1.165, 1.54) is 49.9 Å². The van der Waals surface area contributed by atoms with Gasteiger partial charge in [-0.05, 0) is 38.7 Å². The van der Waals surface area contributed by atoms with Crippen molar-refractivity contribution in [3.8, 4) is 0 Å². The maximum absolute atomic E-state index is 6.03. The molecule has 0 radical (unpaired) electrons. The first-order valence-corrected chi connectivity index (χ1v) is 6.60. The summed E-state index contributed by atoms with van der Waals surface area (Å²) in [6.07, 6.45) is 7.94. The summed E-state index contributed by atoms with van der Waals surface area (Å²) in [4.78, 5) is 0. The molecule has 2 fully saturated rings. The Morgan fingerprint density at radius 1 is 1.31 bits per heavy atom. The van der Waals surface area contributed by atoms with E-state index < -0.39 is 0 Å². The molecule has 1 aromatic heterocycles. The highest BCUT2D eigenvalue weighted by atomic mass is 15.3. The van der Waals surface area contributed by atoms with Gasteiger partial charge in [0.1, 0.15) is 0 Å². The van der Waals surface area contributed by atoms with E-state index in [1.807, 2.05) is 0 Å². The first-order chi connectivity index (χ1) is 7.75. The van der Waals surface area contributed by atoms with Crippen molar-refractivity contribution in [2.45, 2.75) is 63.5 Å². The van der Waals surface area contributed by atoms with Crippen LogP contribution in [0.3, 0.4) is 0 Å². The van der Waals surface area contributed by atoms with Crippen molar-refractivity contribution in [1.29, 1.82) is 0 Å². The molecule has 2 saturated carbocycles. The van der Waals surface area contributed by atoms with E-state index >= 15 is 0 Å². The van der Waals surface area contributed by atoms with Gasteiger partial charge in [0.25, 0.3) is 0 Å². The number of rotatable bonds is 3. The highest BCUT2D eigenvalue weighted by molar-refractivity contribution is 5.19. The Bertz CT molecular complexity index is 351. The maximum Gasteiger partial charge on any atom is 0.0659 e. The van der Waals surface area contributed by atoms with Gasteiger partial charge in [-0.1, -0.05) is 12.8 Å². The van der Waals surface area contributed by atoms with Crippen LogP contribution in [0.5, 0.6) is 0 Å². The molecule has 0 bridgehead atoms. The van der Waals surface area contributed by atoms with Crippen molar-refractivity contribution < 1.29 is 0 Å². The van der Waals surface area contributed by atoms with Crippen molar-refractivity contribution in [1.82, 2.24) is 9.78 Å². The third-order valence-corrected chi connectivity index (χ3v) is 3.92. The lowest BCUT2D eigenvalue weighted by molar-refractivity contribution is 0.560. The summed E-state index contributed by atoms with van der Waals surface area (Å²) in [7, 11) is 0. The van der Waals surface area contributed by atoms with Gasteiger partial charge in [-0.25, -0.2) is 0 Å². The fourth-order valence-electron chi connectivity index (χ4n) is 2.80. The molecule has 2 N–H and O–H groups in total. The summed E-state index contributed by atoms with van der Waals surface area (Å²) < 4.78 is 2.21. The molecule has 0 amide bonds. The number of hydrogen-bond donors (Lipinski definition) is 1. The molecule has 2 aliphatic rings. The van der Waals surface area contributed by atoms with Crippen LogP contribution in [0.4, 0.5) is 0 Å². The molecule has 1 unspecified atom stereocenters. The topological polar surface area (TPSA) is 43.8 Å². The minimum absolute atomic E-state index is 0.114. The quantitative estimate of drug-likeness (QED) is 0.849. The molecule has 0 spiro atoms. The first-order valence-electron chi connectivity index (χ1n) is 6.60. The van der Waals surface area contributed by atoms with Gasteiger partial charge in [-0.15, -0.1) is 0 Å². The molecule has 0 aliphatic heterocycles. The van der Waals surface area contributed by atoms with Gasteiger partial charge < -0.3 is 5.73 Å². The van der Waals surface area contributed by atoms with Crippen LogP contribution in [0, 0.1) is 0 Å². The third kappa shape index (κ3) is 1.77. The predicted molar refractivity (Wildman–Crippen MR) is 64.3 cm³/mol. The van der Waals surface area contributed by atoms with E-state index in [-0.39, 0.29) is 6.04 Å². The van der Waals surface area contributed by atoms with E-state index in [0.717, 1.165) is 0 Å². The van der Waals surface area contributed by atoms with Gasteiger partial charge in [0.15, 0.2) is 0 Å². The molecular formula is C13H21N3. The van der Waals surface area contributed by atoms with Crippen LogP contribution in [0.25, 0.3) is 0 Å². The first kappa shape index (κ1) is 10.3. The summed E-state index contributed by atoms with van der Waals surface area (Å²) in [6.45, 7) is 2.06. The monoisotopic (exact) mass is 219 g/mol. The standard InChI is InChI=1S/C13H21N3/c1-9(14)13-8-12(10-4-2-3-5-10)15-16(13)11-6-7-11/h8-11H,2-7,14H2,1H3. The molecular weight excluding hydrogens is 198 g/mol. The number of nitrogens with zero attached hydrogens (tertiary/aromatic N) is 2. The summed E-state index contributed by atoms with van der Waals surface area (Å²) >= 11 is 0. The molecule has 1 atom stereocenters. The van der Waals surface area contributed by atoms with E-state index in [2.05, 4.69) is 17.7 Å². The van der Waals surface area contributed by atoms with Gasteiger partial charge >= 0.3 is 0 Å². The lowest BCUT2D eigenvalue weighted by atomic mass is 10.0. The molecule has 3 rings (SSSR count). The highest BCUT2D eigenvalue weighted by Gasteiger charge is 2.30. The van der Waals surface area contributed by atoms with Crippen LogP contribution >= 0.6 is 0 Å². The summed E-state index contributed by atoms with van der Waals surface area (Å²) in [5.74, 6) is 0.706. The molecule has 3 heteroatoms. The normalized spacial score (nSPS) is 23.9. The summed E-state index contributed by atoms with van der Waals surface area (Å²) in [5, 5.41) is 4.81. The van der Waals surface area contributed by atoms with Crippen LogP contribution < -0.4 is 5.73 Å².